The number of piperidine rings is 2. The van der Waals surface area contributed by atoms with Crippen molar-refractivity contribution in [3.05, 3.63) is 29.8 Å². The summed E-state index contributed by atoms with van der Waals surface area (Å²) in [6.07, 6.45) is 6.90. The van der Waals surface area contributed by atoms with Gasteiger partial charge in [-0.1, -0.05) is 6.07 Å². The fraction of sp³-hybridized carbons (Fsp3) is 0.652. The highest BCUT2D eigenvalue weighted by molar-refractivity contribution is 5.98. The number of carbonyl (C=O) groups excluding carboxylic acids is 2. The van der Waals surface area contributed by atoms with E-state index >= 15 is 0 Å². The van der Waals surface area contributed by atoms with E-state index in [1.807, 2.05) is 28.0 Å². The van der Waals surface area contributed by atoms with Gasteiger partial charge in [-0.05, 0) is 63.1 Å². The Morgan fingerprint density at radius 1 is 1.03 bits per heavy atom. The number of nitrogens with zero attached hydrogens (tertiary/aromatic N) is 2. The Labute approximate surface area is 173 Å². The minimum atomic E-state index is -0.392. The van der Waals surface area contributed by atoms with Crippen LogP contribution >= 0.6 is 0 Å². The van der Waals surface area contributed by atoms with E-state index < -0.39 is 6.04 Å². The molecule has 0 aromatic heterocycles. The van der Waals surface area contributed by atoms with E-state index in [2.05, 4.69) is 0 Å². The van der Waals surface area contributed by atoms with Gasteiger partial charge < -0.3 is 19.3 Å². The number of carbonyl (C=O) groups is 2. The van der Waals surface area contributed by atoms with Crippen LogP contribution in [0.2, 0.25) is 0 Å². The molecule has 0 N–H and O–H groups in total. The van der Waals surface area contributed by atoms with Crippen molar-refractivity contribution in [1.82, 2.24) is 9.80 Å². The van der Waals surface area contributed by atoms with E-state index in [1.165, 1.54) is 6.42 Å². The van der Waals surface area contributed by atoms with Crippen LogP contribution in [0.5, 0.6) is 5.75 Å². The minimum absolute atomic E-state index is 0.0650. The predicted molar refractivity (Wildman–Crippen MR) is 110 cm³/mol. The summed E-state index contributed by atoms with van der Waals surface area (Å²) in [6, 6.07) is 6.87. The molecule has 2 amide bonds. The first-order valence-electron chi connectivity index (χ1n) is 11.0. The molecule has 3 aliphatic heterocycles. The summed E-state index contributed by atoms with van der Waals surface area (Å²) in [6.45, 7) is 3.59. The summed E-state index contributed by atoms with van der Waals surface area (Å²) in [5, 5.41) is 0. The second-order valence-electron chi connectivity index (χ2n) is 8.60. The van der Waals surface area contributed by atoms with Crippen molar-refractivity contribution in [1.29, 1.82) is 0 Å². The number of likely N-dealkylation sites (tertiary alicyclic amines) is 2. The number of hydrogen-bond acceptors (Lipinski definition) is 4. The second kappa shape index (κ2) is 8.74. The number of hydrogen-bond donors (Lipinski definition) is 0. The molecule has 1 atom stereocenters. The van der Waals surface area contributed by atoms with Crippen molar-refractivity contribution in [2.24, 2.45) is 5.41 Å². The second-order valence-corrected chi connectivity index (χ2v) is 8.60. The van der Waals surface area contributed by atoms with Crippen molar-refractivity contribution in [3.8, 4) is 5.75 Å². The molecule has 0 saturated carbocycles. The molecule has 158 valence electrons. The molecule has 1 unspecified atom stereocenters. The summed E-state index contributed by atoms with van der Waals surface area (Å²) in [5.41, 5.74) is 0.421. The van der Waals surface area contributed by atoms with Gasteiger partial charge in [0.25, 0.3) is 5.91 Å². The average molecular weight is 401 g/mol. The molecule has 3 aliphatic rings. The fourth-order valence-corrected chi connectivity index (χ4v) is 5.32. The molecule has 1 aromatic rings. The van der Waals surface area contributed by atoms with Gasteiger partial charge in [-0.3, -0.25) is 9.59 Å². The Kier molecular flexibility index (Phi) is 6.09. The zero-order valence-corrected chi connectivity index (χ0v) is 17.4. The van der Waals surface area contributed by atoms with Crippen LogP contribution < -0.4 is 4.74 Å². The predicted octanol–water partition coefficient (Wildman–Crippen LogP) is 3.11. The van der Waals surface area contributed by atoms with Gasteiger partial charge >= 0.3 is 0 Å². The SMILES string of the molecule is COc1cccc(C(=O)N2CCCC3(CCOCC3)C2C(=O)N2CCCCC2)c1. The van der Waals surface area contributed by atoms with Gasteiger partial charge in [0.05, 0.1) is 7.11 Å². The topological polar surface area (TPSA) is 59.1 Å². The zero-order valence-electron chi connectivity index (χ0n) is 17.4. The number of methoxy groups -OCH3 is 1. The Morgan fingerprint density at radius 2 is 1.79 bits per heavy atom. The maximum absolute atomic E-state index is 13.8. The van der Waals surface area contributed by atoms with Gasteiger partial charge in [0.15, 0.2) is 0 Å². The van der Waals surface area contributed by atoms with Crippen molar-refractivity contribution in [2.75, 3.05) is 40.0 Å². The highest BCUT2D eigenvalue weighted by atomic mass is 16.5. The Bertz CT molecular complexity index is 733. The minimum Gasteiger partial charge on any atom is -0.497 e. The van der Waals surface area contributed by atoms with Crippen LogP contribution in [0.4, 0.5) is 0 Å². The molecular weight excluding hydrogens is 368 g/mol. The summed E-state index contributed by atoms with van der Waals surface area (Å²) < 4.78 is 10.9. The van der Waals surface area contributed by atoms with Crippen LogP contribution in [0.1, 0.15) is 55.3 Å². The lowest BCUT2D eigenvalue weighted by atomic mass is 9.67. The third kappa shape index (κ3) is 4.00. The van der Waals surface area contributed by atoms with Crippen molar-refractivity contribution < 1.29 is 19.1 Å². The van der Waals surface area contributed by atoms with Gasteiger partial charge in [0.2, 0.25) is 5.91 Å². The largest absolute Gasteiger partial charge is 0.497 e. The van der Waals surface area contributed by atoms with Gasteiger partial charge in [-0.25, -0.2) is 0 Å². The first-order chi connectivity index (χ1) is 14.1. The van der Waals surface area contributed by atoms with Crippen LogP contribution in [0.15, 0.2) is 24.3 Å². The molecule has 6 nitrogen and oxygen atoms in total. The van der Waals surface area contributed by atoms with E-state index in [-0.39, 0.29) is 17.2 Å². The van der Waals surface area contributed by atoms with E-state index in [1.54, 1.807) is 13.2 Å². The summed E-state index contributed by atoms with van der Waals surface area (Å²) in [7, 11) is 1.60. The summed E-state index contributed by atoms with van der Waals surface area (Å²) in [4.78, 5) is 31.2. The normalized spacial score (nSPS) is 24.4. The Balaban J connectivity index is 1.67. The Morgan fingerprint density at radius 3 is 2.52 bits per heavy atom. The fourth-order valence-electron chi connectivity index (χ4n) is 5.32. The average Bonchev–Trinajstić information content (AvgIpc) is 2.79. The smallest absolute Gasteiger partial charge is 0.254 e. The van der Waals surface area contributed by atoms with Gasteiger partial charge in [0, 0.05) is 43.8 Å². The first kappa shape index (κ1) is 20.2. The third-order valence-electron chi connectivity index (χ3n) is 6.93. The van der Waals surface area contributed by atoms with Crippen LogP contribution in [0, 0.1) is 5.41 Å². The number of rotatable bonds is 3. The molecule has 3 fully saturated rings. The first-order valence-corrected chi connectivity index (χ1v) is 11.0. The Hall–Kier alpha value is -2.08. The number of ether oxygens (including phenoxy) is 2. The van der Waals surface area contributed by atoms with Gasteiger partial charge in [0.1, 0.15) is 11.8 Å². The summed E-state index contributed by atoms with van der Waals surface area (Å²) >= 11 is 0. The maximum atomic E-state index is 13.8. The van der Waals surface area contributed by atoms with Crippen molar-refractivity contribution in [2.45, 2.75) is 51.0 Å². The van der Waals surface area contributed by atoms with Crippen LogP contribution in [0.3, 0.4) is 0 Å². The molecule has 1 spiro atoms. The molecule has 0 bridgehead atoms. The molecule has 0 aliphatic carbocycles. The molecule has 6 heteroatoms. The molecule has 4 rings (SSSR count). The quantitative estimate of drug-likeness (QED) is 0.782. The molecule has 1 aromatic carbocycles. The molecule has 29 heavy (non-hydrogen) atoms. The molecule has 3 heterocycles. The van der Waals surface area contributed by atoms with Crippen LogP contribution in [0.25, 0.3) is 0 Å². The van der Waals surface area contributed by atoms with E-state index in [4.69, 9.17) is 9.47 Å². The third-order valence-corrected chi connectivity index (χ3v) is 6.93. The van der Waals surface area contributed by atoms with Gasteiger partial charge in [-0.15, -0.1) is 0 Å². The van der Waals surface area contributed by atoms with E-state index in [0.29, 0.717) is 31.1 Å². The molecular formula is C23H32N2O4. The number of amides is 2. The highest BCUT2D eigenvalue weighted by Crippen LogP contribution is 2.45. The molecule has 0 radical (unpaired) electrons. The van der Waals surface area contributed by atoms with Crippen molar-refractivity contribution in [3.63, 3.8) is 0 Å². The summed E-state index contributed by atoms with van der Waals surface area (Å²) in [5.74, 6) is 0.736. The maximum Gasteiger partial charge on any atom is 0.254 e. The zero-order chi connectivity index (χ0) is 20.3. The lowest BCUT2D eigenvalue weighted by molar-refractivity contribution is -0.149. The van der Waals surface area contributed by atoms with Crippen LogP contribution in [-0.4, -0.2) is 67.6 Å². The van der Waals surface area contributed by atoms with E-state index in [9.17, 15) is 9.59 Å². The number of benzene rings is 1. The molecule has 3 saturated heterocycles. The van der Waals surface area contributed by atoms with Crippen LogP contribution in [-0.2, 0) is 9.53 Å². The van der Waals surface area contributed by atoms with Crippen molar-refractivity contribution >= 4 is 11.8 Å². The highest BCUT2D eigenvalue weighted by Gasteiger charge is 2.51. The lowest BCUT2D eigenvalue weighted by Gasteiger charge is -2.52. The monoisotopic (exact) mass is 400 g/mol. The lowest BCUT2D eigenvalue weighted by Crippen LogP contribution is -2.63. The van der Waals surface area contributed by atoms with Gasteiger partial charge in [-0.2, -0.15) is 0 Å². The van der Waals surface area contributed by atoms with E-state index in [0.717, 1.165) is 51.6 Å². The standard InChI is InChI=1S/C23H32N2O4/c1-28-19-8-5-7-18(17-19)21(26)25-14-6-9-23(10-15-29-16-11-23)20(25)22(27)24-12-3-2-4-13-24/h5,7-8,17,20H,2-4,6,9-16H2,1H3.